The number of ether oxygens (including phenoxy) is 1. The lowest BCUT2D eigenvalue weighted by Gasteiger charge is -2.37. The molecule has 1 aliphatic carbocycles. The number of likely N-dealkylation sites (tertiary alicyclic amines) is 1. The molecule has 1 saturated carbocycles. The van der Waals surface area contributed by atoms with Crippen molar-refractivity contribution in [1.82, 2.24) is 15.1 Å². The van der Waals surface area contributed by atoms with Gasteiger partial charge in [0.2, 0.25) is 5.88 Å². The normalized spacial score (nSPS) is 29.0. The van der Waals surface area contributed by atoms with Crippen molar-refractivity contribution < 1.29 is 13.5 Å². The van der Waals surface area contributed by atoms with Crippen LogP contribution >= 0.6 is 0 Å². The lowest BCUT2D eigenvalue weighted by Crippen LogP contribution is -2.51. The third-order valence-electron chi connectivity index (χ3n) is 5.64. The number of nitrogens with zero attached hydrogens (tertiary/aromatic N) is 3. The van der Waals surface area contributed by atoms with Crippen LogP contribution in [0.1, 0.15) is 37.2 Å². The molecule has 0 radical (unpaired) electrons. The van der Waals surface area contributed by atoms with Gasteiger partial charge in [-0.2, -0.15) is 5.10 Å². The van der Waals surface area contributed by atoms with Crippen molar-refractivity contribution in [2.75, 3.05) is 13.1 Å². The highest BCUT2D eigenvalue weighted by Gasteiger charge is 2.41. The Morgan fingerprint density at radius 2 is 1.93 bits per heavy atom. The minimum absolute atomic E-state index is 0.138. The van der Waals surface area contributed by atoms with Gasteiger partial charge in [0, 0.05) is 24.7 Å². The number of hydrogen-bond acceptors (Lipinski definition) is 5. The highest BCUT2D eigenvalue weighted by molar-refractivity contribution is 5.23. The largest absolute Gasteiger partial charge is 0.472 e. The van der Waals surface area contributed by atoms with Crippen LogP contribution in [-0.2, 0) is 0 Å². The Kier molecular flexibility index (Phi) is 5.31. The number of piperidine rings is 1. The van der Waals surface area contributed by atoms with Gasteiger partial charge in [0.1, 0.15) is 17.7 Å². The zero-order chi connectivity index (χ0) is 18.8. The summed E-state index contributed by atoms with van der Waals surface area (Å²) in [6.45, 7) is 1.80. The maximum atomic E-state index is 13.5. The van der Waals surface area contributed by atoms with E-state index in [1.54, 1.807) is 0 Å². The van der Waals surface area contributed by atoms with Gasteiger partial charge in [-0.1, -0.05) is 12.1 Å². The molecule has 0 spiro atoms. The molecule has 2 heterocycles. The van der Waals surface area contributed by atoms with Crippen molar-refractivity contribution in [2.24, 2.45) is 5.73 Å². The number of hydrogen-bond donors (Lipinski definition) is 1. The zero-order valence-corrected chi connectivity index (χ0v) is 15.1. The van der Waals surface area contributed by atoms with E-state index in [9.17, 15) is 8.78 Å². The summed E-state index contributed by atoms with van der Waals surface area (Å²) < 4.78 is 32.8. The van der Waals surface area contributed by atoms with Crippen molar-refractivity contribution in [3.05, 3.63) is 53.7 Å². The molecule has 2 aromatic rings. The fraction of sp³-hybridized carbons (Fsp3) is 0.500. The number of benzene rings is 1. The molecular formula is C20H24F2N4O. The quantitative estimate of drug-likeness (QED) is 0.892. The molecule has 1 aliphatic heterocycles. The van der Waals surface area contributed by atoms with E-state index >= 15 is 0 Å². The zero-order valence-electron chi connectivity index (χ0n) is 15.1. The summed E-state index contributed by atoms with van der Waals surface area (Å²) >= 11 is 0. The van der Waals surface area contributed by atoms with E-state index in [0.29, 0.717) is 0 Å². The summed E-state index contributed by atoms with van der Waals surface area (Å²) in [5.41, 5.74) is 7.27. The van der Waals surface area contributed by atoms with Crippen LogP contribution in [0.15, 0.2) is 36.5 Å². The van der Waals surface area contributed by atoms with Gasteiger partial charge in [0.25, 0.3) is 0 Å². The molecular weight excluding hydrogens is 350 g/mol. The van der Waals surface area contributed by atoms with Gasteiger partial charge >= 0.3 is 0 Å². The smallest absolute Gasteiger partial charge is 0.236 e. The Balaban J connectivity index is 1.55. The third-order valence-corrected chi connectivity index (χ3v) is 5.64. The van der Waals surface area contributed by atoms with E-state index in [2.05, 4.69) is 15.1 Å². The Morgan fingerprint density at radius 3 is 2.67 bits per heavy atom. The highest BCUT2D eigenvalue weighted by atomic mass is 19.1. The lowest BCUT2D eigenvalue weighted by molar-refractivity contribution is 0.0648. The summed E-state index contributed by atoms with van der Waals surface area (Å²) in [5.74, 6) is -0.255. The average molecular weight is 374 g/mol. The van der Waals surface area contributed by atoms with Crippen molar-refractivity contribution in [2.45, 2.75) is 49.8 Å². The maximum absolute atomic E-state index is 13.5. The molecule has 7 heteroatoms. The van der Waals surface area contributed by atoms with Crippen molar-refractivity contribution in [1.29, 1.82) is 0 Å². The molecule has 1 aromatic heterocycles. The predicted octanol–water partition coefficient (Wildman–Crippen LogP) is 2.87. The third kappa shape index (κ3) is 4.25. The Labute approximate surface area is 157 Å². The van der Waals surface area contributed by atoms with E-state index in [0.717, 1.165) is 50.5 Å². The van der Waals surface area contributed by atoms with Crippen LogP contribution in [0.4, 0.5) is 8.78 Å². The number of nitrogens with two attached hydrogens (primary N) is 1. The van der Waals surface area contributed by atoms with Gasteiger partial charge in [0.15, 0.2) is 0 Å². The fourth-order valence-corrected chi connectivity index (χ4v) is 4.37. The molecule has 27 heavy (non-hydrogen) atoms. The maximum Gasteiger partial charge on any atom is 0.236 e. The molecule has 2 N–H and O–H groups in total. The van der Waals surface area contributed by atoms with E-state index < -0.39 is 5.82 Å². The SMILES string of the molecule is N[C@@H]1CCCN([C@H]2C[C@@H](c3ccc(F)cc3)C[C@@H]2Oc2cc(F)cnn2)C1. The van der Waals surface area contributed by atoms with Gasteiger partial charge in [-0.25, -0.2) is 8.78 Å². The molecule has 4 atom stereocenters. The molecule has 0 unspecified atom stereocenters. The van der Waals surface area contributed by atoms with Crippen LogP contribution in [0.2, 0.25) is 0 Å². The lowest BCUT2D eigenvalue weighted by atomic mass is 9.97. The second kappa shape index (κ2) is 7.86. The van der Waals surface area contributed by atoms with Crippen LogP contribution < -0.4 is 10.5 Å². The molecule has 5 nitrogen and oxygen atoms in total. The van der Waals surface area contributed by atoms with E-state index in [1.807, 2.05) is 12.1 Å². The first kappa shape index (κ1) is 18.3. The van der Waals surface area contributed by atoms with Crippen LogP contribution in [0.25, 0.3) is 0 Å². The summed E-state index contributed by atoms with van der Waals surface area (Å²) in [7, 11) is 0. The Bertz CT molecular complexity index is 773. The molecule has 2 aliphatic rings. The average Bonchev–Trinajstić information content (AvgIpc) is 3.06. The minimum atomic E-state index is -0.468. The summed E-state index contributed by atoms with van der Waals surface area (Å²) in [5, 5.41) is 7.54. The predicted molar refractivity (Wildman–Crippen MR) is 97.4 cm³/mol. The van der Waals surface area contributed by atoms with Gasteiger partial charge in [-0.3, -0.25) is 4.90 Å². The monoisotopic (exact) mass is 374 g/mol. The first-order valence-corrected chi connectivity index (χ1v) is 9.48. The topological polar surface area (TPSA) is 64.3 Å². The number of halogens is 2. The fourth-order valence-electron chi connectivity index (χ4n) is 4.37. The standard InChI is InChI=1S/C20H24F2N4O/c21-15-5-3-13(4-6-15)14-8-18(26-7-1-2-17(23)12-26)19(9-14)27-20-10-16(22)11-24-25-20/h3-6,10-11,14,17-19H,1-2,7-9,12,23H2/t14-,17-,18+,19+/m1/s1. The molecule has 1 saturated heterocycles. The molecule has 2 fully saturated rings. The van der Waals surface area contributed by atoms with Crippen LogP contribution in [0, 0.1) is 11.6 Å². The first-order chi connectivity index (χ1) is 13.1. The van der Waals surface area contributed by atoms with Gasteiger partial charge < -0.3 is 10.5 Å². The van der Waals surface area contributed by atoms with Gasteiger partial charge in [0.05, 0.1) is 6.20 Å². The van der Waals surface area contributed by atoms with Gasteiger partial charge in [-0.05, 0) is 55.8 Å². The molecule has 0 bridgehead atoms. The van der Waals surface area contributed by atoms with E-state index in [1.165, 1.54) is 18.2 Å². The van der Waals surface area contributed by atoms with E-state index in [-0.39, 0.29) is 35.8 Å². The second-order valence-electron chi connectivity index (χ2n) is 7.55. The van der Waals surface area contributed by atoms with Crippen LogP contribution in [0.3, 0.4) is 0 Å². The molecule has 0 amide bonds. The first-order valence-electron chi connectivity index (χ1n) is 9.48. The molecule has 4 rings (SSSR count). The van der Waals surface area contributed by atoms with Crippen LogP contribution in [-0.4, -0.2) is 46.4 Å². The Morgan fingerprint density at radius 1 is 1.11 bits per heavy atom. The van der Waals surface area contributed by atoms with Gasteiger partial charge in [-0.15, -0.1) is 5.10 Å². The van der Waals surface area contributed by atoms with Crippen molar-refractivity contribution in [3.63, 3.8) is 0 Å². The second-order valence-corrected chi connectivity index (χ2v) is 7.55. The Hall–Kier alpha value is -2.12. The van der Waals surface area contributed by atoms with E-state index in [4.69, 9.17) is 10.5 Å². The summed E-state index contributed by atoms with van der Waals surface area (Å²) in [6, 6.07) is 8.25. The number of rotatable bonds is 4. The van der Waals surface area contributed by atoms with Crippen molar-refractivity contribution in [3.8, 4) is 5.88 Å². The summed E-state index contributed by atoms with van der Waals surface area (Å²) in [4.78, 5) is 2.38. The molecule has 1 aromatic carbocycles. The summed E-state index contributed by atoms with van der Waals surface area (Å²) in [6.07, 6.45) is 4.67. The van der Waals surface area contributed by atoms with Crippen LogP contribution in [0.5, 0.6) is 5.88 Å². The highest BCUT2D eigenvalue weighted by Crippen LogP contribution is 2.39. The number of aromatic nitrogens is 2. The molecule has 144 valence electrons. The minimum Gasteiger partial charge on any atom is -0.472 e. The van der Waals surface area contributed by atoms with Crippen molar-refractivity contribution >= 4 is 0 Å².